The Kier molecular flexibility index (Phi) is 4.86. The Balaban J connectivity index is 1.20. The lowest BCUT2D eigenvalue weighted by atomic mass is 10.1. The van der Waals surface area contributed by atoms with E-state index in [1.54, 1.807) is 30.7 Å². The zero-order valence-corrected chi connectivity index (χ0v) is 17.8. The van der Waals surface area contributed by atoms with Crippen LogP contribution in [0.2, 0.25) is 0 Å². The second kappa shape index (κ2) is 8.44. The van der Waals surface area contributed by atoms with Gasteiger partial charge in [0.15, 0.2) is 5.82 Å². The fourth-order valence-corrected chi connectivity index (χ4v) is 3.53. The highest BCUT2D eigenvalue weighted by Gasteiger charge is 2.07. The van der Waals surface area contributed by atoms with Gasteiger partial charge in [0.25, 0.3) is 0 Å². The second-order valence-electron chi connectivity index (χ2n) is 7.51. The van der Waals surface area contributed by atoms with E-state index >= 15 is 0 Å². The molecular weight excluding hydrogens is 426 g/mol. The molecule has 3 N–H and O–H groups in total. The van der Waals surface area contributed by atoms with Gasteiger partial charge in [-0.1, -0.05) is 18.1 Å². The lowest BCUT2D eigenvalue weighted by Crippen LogP contribution is -2.05. The number of nitrogens with one attached hydrogen (secondary N) is 3. The Bertz CT molecular complexity index is 1650. The van der Waals surface area contributed by atoms with Gasteiger partial charge < -0.3 is 10.3 Å². The van der Waals surface area contributed by atoms with Crippen LogP contribution >= 0.6 is 0 Å². The minimum Gasteiger partial charge on any atom is -0.347 e. The summed E-state index contributed by atoms with van der Waals surface area (Å²) in [5.41, 5.74) is 4.98. The topological polar surface area (TPSA) is 121 Å². The highest BCUT2D eigenvalue weighted by atomic mass is 15.1. The molecule has 9 nitrogen and oxygen atoms in total. The number of hydrogen-bond donors (Lipinski definition) is 3. The van der Waals surface area contributed by atoms with Crippen molar-refractivity contribution >= 4 is 27.9 Å². The average Bonchev–Trinajstić information content (AvgIpc) is 3.53. The van der Waals surface area contributed by atoms with Crippen molar-refractivity contribution < 1.29 is 0 Å². The van der Waals surface area contributed by atoms with E-state index in [1.165, 1.54) is 0 Å². The van der Waals surface area contributed by atoms with Gasteiger partial charge in [-0.05, 0) is 48.4 Å². The maximum absolute atomic E-state index is 4.56. The third kappa shape index (κ3) is 4.03. The van der Waals surface area contributed by atoms with E-state index in [0.29, 0.717) is 29.7 Å². The summed E-state index contributed by atoms with van der Waals surface area (Å²) in [6.45, 7) is 0.464. The van der Waals surface area contributed by atoms with Gasteiger partial charge in [0, 0.05) is 23.3 Å². The molecule has 0 aliphatic carbocycles. The summed E-state index contributed by atoms with van der Waals surface area (Å²) in [7, 11) is 0. The van der Waals surface area contributed by atoms with Crippen LogP contribution in [0.1, 0.15) is 17.1 Å². The highest BCUT2D eigenvalue weighted by molar-refractivity contribution is 5.79. The summed E-state index contributed by atoms with van der Waals surface area (Å²) >= 11 is 0. The van der Waals surface area contributed by atoms with Crippen LogP contribution in [0.4, 0.5) is 5.95 Å². The van der Waals surface area contributed by atoms with Crippen LogP contribution in [0.25, 0.3) is 33.5 Å². The largest absolute Gasteiger partial charge is 0.347 e. The molecule has 6 aromatic rings. The maximum atomic E-state index is 4.56. The summed E-state index contributed by atoms with van der Waals surface area (Å²) in [5.74, 6) is 7.99. The number of aromatic amines is 2. The molecule has 0 radical (unpaired) electrons. The highest BCUT2D eigenvalue weighted by Crippen LogP contribution is 2.15. The molecule has 0 amide bonds. The lowest BCUT2D eigenvalue weighted by Gasteiger charge is -2.04. The molecule has 6 rings (SSSR count). The monoisotopic (exact) mass is 443 g/mol. The Morgan fingerprint density at radius 2 is 1.79 bits per heavy atom. The van der Waals surface area contributed by atoms with E-state index in [2.05, 4.69) is 57.3 Å². The third-order valence-electron chi connectivity index (χ3n) is 5.17. The van der Waals surface area contributed by atoms with E-state index in [4.69, 9.17) is 0 Å². The molecule has 0 aliphatic rings. The van der Waals surface area contributed by atoms with Crippen LogP contribution in [0.15, 0.2) is 73.2 Å². The predicted molar refractivity (Wildman–Crippen MR) is 129 cm³/mol. The number of fused-ring (bicyclic) bond motifs is 2. The minimum atomic E-state index is 0.464. The van der Waals surface area contributed by atoms with Crippen LogP contribution in [0.3, 0.4) is 0 Å². The summed E-state index contributed by atoms with van der Waals surface area (Å²) in [6, 6.07) is 17.3. The summed E-state index contributed by atoms with van der Waals surface area (Å²) in [6.07, 6.45) is 5.12. The van der Waals surface area contributed by atoms with Crippen LogP contribution in [-0.2, 0) is 6.54 Å². The van der Waals surface area contributed by atoms with Crippen molar-refractivity contribution in [3.05, 3.63) is 90.3 Å². The third-order valence-corrected chi connectivity index (χ3v) is 5.17. The Morgan fingerprint density at radius 3 is 2.76 bits per heavy atom. The van der Waals surface area contributed by atoms with Gasteiger partial charge in [-0.3, -0.25) is 5.10 Å². The van der Waals surface area contributed by atoms with Gasteiger partial charge >= 0.3 is 0 Å². The molecule has 0 spiro atoms. The van der Waals surface area contributed by atoms with Gasteiger partial charge in [0.05, 0.1) is 29.3 Å². The smallest absolute Gasteiger partial charge is 0.223 e. The molecular formula is C25H17N9. The molecule has 0 saturated carbocycles. The predicted octanol–water partition coefficient (Wildman–Crippen LogP) is 3.70. The fourth-order valence-electron chi connectivity index (χ4n) is 3.53. The molecule has 0 atom stereocenters. The first-order valence-electron chi connectivity index (χ1n) is 10.6. The number of aromatic nitrogens is 8. The standard InChI is InChI=1S/C25H17N9/c1-2-4-21-20(3-1)31-23(32-21)15-28-25-27-12-10-22(33-25)24-26-11-9-18(30-24)7-5-16-6-8-19-17(13-16)14-29-34-19/h1-4,6,8-14H,15H2,(H,29,34)(H,31,32)(H,27,28,33). The van der Waals surface area contributed by atoms with E-state index in [0.717, 1.165) is 33.3 Å². The molecule has 0 bridgehead atoms. The Labute approximate surface area is 193 Å². The van der Waals surface area contributed by atoms with Gasteiger partial charge in [-0.15, -0.1) is 0 Å². The second-order valence-corrected chi connectivity index (χ2v) is 7.51. The number of para-hydroxylation sites is 2. The molecule has 2 aromatic carbocycles. The molecule has 4 aromatic heterocycles. The molecule has 0 fully saturated rings. The quantitative estimate of drug-likeness (QED) is 0.355. The molecule has 9 heteroatoms. The van der Waals surface area contributed by atoms with Crippen LogP contribution < -0.4 is 5.32 Å². The number of H-pyrrole nitrogens is 2. The van der Waals surface area contributed by atoms with Crippen molar-refractivity contribution in [1.82, 2.24) is 40.1 Å². The van der Waals surface area contributed by atoms with Gasteiger partial charge in [0.1, 0.15) is 17.2 Å². The first-order valence-corrected chi connectivity index (χ1v) is 10.6. The van der Waals surface area contributed by atoms with Crippen molar-refractivity contribution in [3.63, 3.8) is 0 Å². The zero-order chi connectivity index (χ0) is 22.7. The SMILES string of the molecule is C(#Cc1ccnc(-c2ccnc(NCc3nc4ccccc4[nH]3)n2)n1)c1ccc2[nH]ncc2c1. The molecule has 162 valence electrons. The van der Waals surface area contributed by atoms with Gasteiger partial charge in [0.2, 0.25) is 5.95 Å². The summed E-state index contributed by atoms with van der Waals surface area (Å²) < 4.78 is 0. The number of anilines is 1. The zero-order valence-electron chi connectivity index (χ0n) is 17.8. The lowest BCUT2D eigenvalue weighted by molar-refractivity contribution is 0.973. The molecule has 0 saturated heterocycles. The van der Waals surface area contributed by atoms with E-state index in [9.17, 15) is 0 Å². The molecule has 34 heavy (non-hydrogen) atoms. The normalized spacial score (nSPS) is 10.8. The van der Waals surface area contributed by atoms with E-state index in [1.807, 2.05) is 42.5 Å². The van der Waals surface area contributed by atoms with Crippen molar-refractivity contribution in [2.75, 3.05) is 5.32 Å². The number of rotatable bonds is 4. The van der Waals surface area contributed by atoms with Crippen LogP contribution in [0, 0.1) is 11.8 Å². The number of hydrogen-bond acceptors (Lipinski definition) is 7. The Hall–Kier alpha value is -5.10. The van der Waals surface area contributed by atoms with E-state index < -0.39 is 0 Å². The Morgan fingerprint density at radius 1 is 0.853 bits per heavy atom. The fraction of sp³-hybridized carbons (Fsp3) is 0.0400. The van der Waals surface area contributed by atoms with Crippen molar-refractivity contribution in [1.29, 1.82) is 0 Å². The summed E-state index contributed by atoms with van der Waals surface area (Å²) in [5, 5.41) is 11.2. The molecule has 4 heterocycles. The maximum Gasteiger partial charge on any atom is 0.223 e. The number of imidazole rings is 1. The van der Waals surface area contributed by atoms with Crippen molar-refractivity contribution in [3.8, 4) is 23.4 Å². The van der Waals surface area contributed by atoms with E-state index in [-0.39, 0.29) is 0 Å². The first kappa shape index (κ1) is 19.6. The number of benzene rings is 2. The van der Waals surface area contributed by atoms with Crippen LogP contribution in [0.5, 0.6) is 0 Å². The van der Waals surface area contributed by atoms with Gasteiger partial charge in [-0.25, -0.2) is 24.9 Å². The van der Waals surface area contributed by atoms with Crippen LogP contribution in [-0.4, -0.2) is 40.1 Å². The minimum absolute atomic E-state index is 0.464. The van der Waals surface area contributed by atoms with Gasteiger partial charge in [-0.2, -0.15) is 5.10 Å². The van der Waals surface area contributed by atoms with Crippen molar-refractivity contribution in [2.45, 2.75) is 6.54 Å². The average molecular weight is 443 g/mol. The molecule has 0 unspecified atom stereocenters. The van der Waals surface area contributed by atoms with Crippen molar-refractivity contribution in [2.24, 2.45) is 0 Å². The molecule has 0 aliphatic heterocycles. The number of nitrogens with zero attached hydrogens (tertiary/aromatic N) is 6. The first-order chi connectivity index (χ1) is 16.8. The summed E-state index contributed by atoms with van der Waals surface area (Å²) in [4.78, 5) is 25.6.